The zero-order chi connectivity index (χ0) is 16.1. The third kappa shape index (κ3) is 2.01. The van der Waals surface area contributed by atoms with Crippen LogP contribution in [0.3, 0.4) is 0 Å². The van der Waals surface area contributed by atoms with Crippen LogP contribution in [0.4, 0.5) is 0 Å². The summed E-state index contributed by atoms with van der Waals surface area (Å²) in [5.74, 6) is 2.36. The second-order valence-corrected chi connectivity index (χ2v) is 6.05. The standard InChI is InChI=1S/C19H18O4/c1-10-6-13-12(19(21-3)11(10)2)4-5-16(20)15-8-18-17(7-14(13)15)22-9-23-18/h6-8H,4-5,9H2,1-3H3. The molecule has 4 heteroatoms. The Morgan fingerprint density at radius 2 is 1.65 bits per heavy atom. The van der Waals surface area contributed by atoms with E-state index in [1.807, 2.05) is 12.1 Å². The average Bonchev–Trinajstić information content (AvgIpc) is 2.96. The summed E-state index contributed by atoms with van der Waals surface area (Å²) >= 11 is 0. The van der Waals surface area contributed by atoms with E-state index in [4.69, 9.17) is 14.2 Å². The van der Waals surface area contributed by atoms with E-state index in [0.29, 0.717) is 29.9 Å². The first-order valence-electron chi connectivity index (χ1n) is 7.74. The van der Waals surface area contributed by atoms with Crippen LogP contribution in [0.1, 0.15) is 33.5 Å². The molecule has 2 aromatic rings. The van der Waals surface area contributed by atoms with Crippen molar-refractivity contribution in [2.45, 2.75) is 26.7 Å². The monoisotopic (exact) mass is 310 g/mol. The van der Waals surface area contributed by atoms with Gasteiger partial charge in [0.05, 0.1) is 7.11 Å². The molecule has 0 radical (unpaired) electrons. The molecule has 0 N–H and O–H groups in total. The van der Waals surface area contributed by atoms with Gasteiger partial charge in [-0.15, -0.1) is 0 Å². The van der Waals surface area contributed by atoms with Gasteiger partial charge in [0.2, 0.25) is 6.79 Å². The number of aryl methyl sites for hydroxylation is 1. The van der Waals surface area contributed by atoms with Crippen LogP contribution < -0.4 is 14.2 Å². The van der Waals surface area contributed by atoms with Crippen LogP contribution in [0.2, 0.25) is 0 Å². The van der Waals surface area contributed by atoms with Crippen LogP contribution in [-0.2, 0) is 6.42 Å². The Kier molecular flexibility index (Phi) is 3.08. The van der Waals surface area contributed by atoms with Crippen molar-refractivity contribution in [1.82, 2.24) is 0 Å². The Bertz CT molecular complexity index is 836. The lowest BCUT2D eigenvalue weighted by molar-refractivity contribution is 0.0984. The number of carbonyl (C=O) groups is 1. The van der Waals surface area contributed by atoms with Gasteiger partial charge in [-0.3, -0.25) is 4.79 Å². The van der Waals surface area contributed by atoms with Crippen LogP contribution in [0, 0.1) is 13.8 Å². The van der Waals surface area contributed by atoms with E-state index in [-0.39, 0.29) is 12.6 Å². The first kappa shape index (κ1) is 14.1. The highest BCUT2D eigenvalue weighted by atomic mass is 16.7. The van der Waals surface area contributed by atoms with E-state index >= 15 is 0 Å². The Hall–Kier alpha value is -2.49. The molecule has 118 valence electrons. The normalized spacial score (nSPS) is 15.0. The summed E-state index contributed by atoms with van der Waals surface area (Å²) < 4.78 is 16.6. The van der Waals surface area contributed by atoms with Gasteiger partial charge in [0.15, 0.2) is 17.3 Å². The van der Waals surface area contributed by atoms with Gasteiger partial charge in [-0.05, 0) is 54.7 Å². The number of hydrogen-bond acceptors (Lipinski definition) is 4. The Morgan fingerprint density at radius 3 is 2.35 bits per heavy atom. The lowest BCUT2D eigenvalue weighted by Crippen LogP contribution is -2.00. The van der Waals surface area contributed by atoms with E-state index < -0.39 is 0 Å². The number of ketones is 1. The molecule has 0 atom stereocenters. The quantitative estimate of drug-likeness (QED) is 0.803. The molecule has 0 bridgehead atoms. The average molecular weight is 310 g/mol. The zero-order valence-electron chi connectivity index (χ0n) is 13.5. The number of benzene rings is 2. The predicted octanol–water partition coefficient (Wildman–Crippen LogP) is 3.84. The van der Waals surface area contributed by atoms with Crippen molar-refractivity contribution in [3.63, 3.8) is 0 Å². The largest absolute Gasteiger partial charge is 0.496 e. The van der Waals surface area contributed by atoms with Crippen LogP contribution in [-0.4, -0.2) is 19.7 Å². The van der Waals surface area contributed by atoms with Crippen LogP contribution in [0.25, 0.3) is 11.1 Å². The molecule has 4 rings (SSSR count). The molecule has 0 saturated carbocycles. The molecule has 0 saturated heterocycles. The smallest absolute Gasteiger partial charge is 0.231 e. The first-order chi connectivity index (χ1) is 11.1. The van der Waals surface area contributed by atoms with Gasteiger partial charge in [0.1, 0.15) is 5.75 Å². The number of hydrogen-bond donors (Lipinski definition) is 0. The maximum Gasteiger partial charge on any atom is 0.231 e. The maximum absolute atomic E-state index is 12.6. The minimum absolute atomic E-state index is 0.131. The van der Waals surface area contributed by atoms with E-state index in [0.717, 1.165) is 33.6 Å². The van der Waals surface area contributed by atoms with Crippen molar-refractivity contribution in [2.75, 3.05) is 13.9 Å². The van der Waals surface area contributed by atoms with E-state index in [9.17, 15) is 4.79 Å². The fourth-order valence-electron chi connectivity index (χ4n) is 3.47. The molecule has 0 fully saturated rings. The molecule has 23 heavy (non-hydrogen) atoms. The van der Waals surface area contributed by atoms with Crippen LogP contribution >= 0.6 is 0 Å². The molecule has 1 aliphatic carbocycles. The lowest BCUT2D eigenvalue weighted by Gasteiger charge is -2.17. The minimum Gasteiger partial charge on any atom is -0.496 e. The van der Waals surface area contributed by atoms with Crippen molar-refractivity contribution in [1.29, 1.82) is 0 Å². The van der Waals surface area contributed by atoms with E-state index in [1.54, 1.807) is 7.11 Å². The van der Waals surface area contributed by atoms with Crippen LogP contribution in [0.15, 0.2) is 18.2 Å². The second kappa shape index (κ2) is 5.01. The predicted molar refractivity (Wildman–Crippen MR) is 86.7 cm³/mol. The van der Waals surface area contributed by atoms with Gasteiger partial charge in [-0.1, -0.05) is 6.07 Å². The molecular formula is C19H18O4. The molecule has 2 aliphatic rings. The van der Waals surface area contributed by atoms with Crippen molar-refractivity contribution in [3.05, 3.63) is 40.5 Å². The zero-order valence-corrected chi connectivity index (χ0v) is 13.5. The molecule has 1 heterocycles. The summed E-state index contributed by atoms with van der Waals surface area (Å²) in [7, 11) is 1.69. The number of ether oxygens (including phenoxy) is 3. The van der Waals surface area contributed by atoms with Gasteiger partial charge in [-0.2, -0.15) is 0 Å². The third-order valence-corrected chi connectivity index (χ3v) is 4.80. The molecule has 0 spiro atoms. The van der Waals surface area contributed by atoms with Crippen molar-refractivity contribution in [3.8, 4) is 28.4 Å². The minimum atomic E-state index is 0.131. The van der Waals surface area contributed by atoms with E-state index in [2.05, 4.69) is 19.9 Å². The highest BCUT2D eigenvalue weighted by molar-refractivity contribution is 6.05. The van der Waals surface area contributed by atoms with Crippen molar-refractivity contribution in [2.24, 2.45) is 0 Å². The van der Waals surface area contributed by atoms with E-state index in [1.165, 1.54) is 0 Å². The summed E-state index contributed by atoms with van der Waals surface area (Å²) in [5, 5.41) is 0. The fourth-order valence-corrected chi connectivity index (χ4v) is 3.47. The number of fused-ring (bicyclic) bond motifs is 4. The van der Waals surface area contributed by atoms with Crippen molar-refractivity contribution < 1.29 is 19.0 Å². The van der Waals surface area contributed by atoms with Gasteiger partial charge in [-0.25, -0.2) is 0 Å². The first-order valence-corrected chi connectivity index (χ1v) is 7.74. The number of methoxy groups -OCH3 is 1. The number of carbonyl (C=O) groups excluding carboxylic acids is 1. The lowest BCUT2D eigenvalue weighted by atomic mass is 9.91. The molecular weight excluding hydrogens is 292 g/mol. The molecule has 2 aromatic carbocycles. The van der Waals surface area contributed by atoms with Crippen molar-refractivity contribution >= 4 is 5.78 Å². The summed E-state index contributed by atoms with van der Waals surface area (Å²) in [6.07, 6.45) is 1.15. The SMILES string of the molecule is COc1c(C)c(C)cc2c1CCC(=O)c1cc3c(cc1-2)OCO3. The topological polar surface area (TPSA) is 44.8 Å². The van der Waals surface area contributed by atoms with Crippen LogP contribution in [0.5, 0.6) is 17.2 Å². The molecule has 0 aromatic heterocycles. The molecule has 0 amide bonds. The highest BCUT2D eigenvalue weighted by Gasteiger charge is 2.27. The Labute approximate surface area is 135 Å². The molecule has 1 aliphatic heterocycles. The third-order valence-electron chi connectivity index (χ3n) is 4.80. The van der Waals surface area contributed by atoms with Gasteiger partial charge >= 0.3 is 0 Å². The summed E-state index contributed by atoms with van der Waals surface area (Å²) in [4.78, 5) is 12.6. The second-order valence-electron chi connectivity index (χ2n) is 6.05. The molecule has 0 unspecified atom stereocenters. The summed E-state index contributed by atoms with van der Waals surface area (Å²) in [6.45, 7) is 4.33. The summed E-state index contributed by atoms with van der Waals surface area (Å²) in [5.41, 5.74) is 6.05. The summed E-state index contributed by atoms with van der Waals surface area (Å²) in [6, 6.07) is 5.89. The van der Waals surface area contributed by atoms with Gasteiger partial charge in [0, 0.05) is 17.5 Å². The van der Waals surface area contributed by atoms with Gasteiger partial charge in [0.25, 0.3) is 0 Å². The number of Topliss-reactive ketones (excluding diaryl/α,β-unsaturated/α-hetero) is 1. The van der Waals surface area contributed by atoms with Gasteiger partial charge < -0.3 is 14.2 Å². The maximum atomic E-state index is 12.6. The fraction of sp³-hybridized carbons (Fsp3) is 0.316. The highest BCUT2D eigenvalue weighted by Crippen LogP contribution is 2.45. The molecule has 4 nitrogen and oxygen atoms in total. The number of rotatable bonds is 1. The Balaban J connectivity index is 2.05. The Morgan fingerprint density at radius 1 is 0.957 bits per heavy atom.